The number of aryl methyl sites for hydroxylation is 3. The number of aliphatic imine (C=N–C) groups is 1. The predicted molar refractivity (Wildman–Crippen MR) is 120 cm³/mol. The summed E-state index contributed by atoms with van der Waals surface area (Å²) in [5, 5.41) is 4.05. The van der Waals surface area contributed by atoms with Crippen LogP contribution in [-0.2, 0) is 20.2 Å². The Hall–Kier alpha value is -2.04. The van der Waals surface area contributed by atoms with Gasteiger partial charge in [0.15, 0.2) is 5.75 Å². The molecule has 0 unspecified atom stereocenters. The van der Waals surface area contributed by atoms with E-state index in [0.717, 1.165) is 17.1 Å². The van der Waals surface area contributed by atoms with Gasteiger partial charge in [-0.1, -0.05) is 41.1 Å². The van der Waals surface area contributed by atoms with Crippen LogP contribution in [0.25, 0.3) is 0 Å². The third-order valence-electron chi connectivity index (χ3n) is 4.25. The van der Waals surface area contributed by atoms with Gasteiger partial charge in [0.25, 0.3) is 0 Å². The molecule has 0 aliphatic heterocycles. The monoisotopic (exact) mass is 471 g/mol. The molecule has 3 rings (SSSR count). The van der Waals surface area contributed by atoms with E-state index in [-0.39, 0.29) is 13.1 Å². The fourth-order valence-electron chi connectivity index (χ4n) is 2.93. The summed E-state index contributed by atoms with van der Waals surface area (Å²) >= 11 is 0.194. The van der Waals surface area contributed by atoms with E-state index in [0.29, 0.717) is 5.75 Å². The first-order valence-electron chi connectivity index (χ1n) is 8.84. The Balaban J connectivity index is 0.000000941. The van der Waals surface area contributed by atoms with Crippen molar-refractivity contribution in [2.75, 3.05) is 0 Å². The van der Waals surface area contributed by atoms with Crippen LogP contribution in [0.1, 0.15) is 28.1 Å². The normalized spacial score (nSPS) is 11.1. The average molecular weight is 472 g/mol. The second kappa shape index (κ2) is 11.8. The van der Waals surface area contributed by atoms with Crippen LogP contribution in [-0.4, -0.2) is 17.0 Å². The van der Waals surface area contributed by atoms with Crippen LogP contribution in [0.4, 0.5) is 5.69 Å². The van der Waals surface area contributed by atoms with Gasteiger partial charge in [-0.25, -0.2) is 0 Å². The van der Waals surface area contributed by atoms with E-state index in [1.165, 1.54) is 16.7 Å². The van der Waals surface area contributed by atoms with Crippen LogP contribution in [0, 0.1) is 20.8 Å². The standard InChI is InChI=1S/C22H23N3O.2ClH.Fe/c1-16-12-17(2)22(18(3)13-16)23-14-19-10-11-20(25(19)4)15-24-26-21-8-6-5-7-9-21;;;/h5-15H,1-4H3;2*1H;/q;;;+2/p-2/b23-14?,24-15+;;;. The molecule has 0 fully saturated rings. The van der Waals surface area contributed by atoms with E-state index >= 15 is 0 Å². The number of hydrogen-bond donors (Lipinski definition) is 0. The minimum atomic E-state index is 0.194. The summed E-state index contributed by atoms with van der Waals surface area (Å²) in [7, 11) is 11.5. The number of benzene rings is 2. The number of nitrogens with zero attached hydrogens (tertiary/aromatic N) is 3. The SMILES string of the molecule is Cc1cc(C)c(N=Cc2ccc(/C=N/Oc3ccccc3)n2C)c(C)c1.[Cl][Fe][Cl]. The number of halogens is 2. The molecule has 0 N–H and O–H groups in total. The van der Waals surface area contributed by atoms with Gasteiger partial charge in [0.2, 0.25) is 0 Å². The molecule has 0 atom stereocenters. The van der Waals surface area contributed by atoms with Crippen molar-refractivity contribution < 1.29 is 18.0 Å². The van der Waals surface area contributed by atoms with Gasteiger partial charge in [0.05, 0.1) is 29.5 Å². The van der Waals surface area contributed by atoms with Gasteiger partial charge < -0.3 is 9.40 Å². The van der Waals surface area contributed by atoms with Crippen molar-refractivity contribution >= 4 is 38.3 Å². The van der Waals surface area contributed by atoms with Crippen molar-refractivity contribution in [1.82, 2.24) is 4.57 Å². The first-order chi connectivity index (χ1) is 14.0. The van der Waals surface area contributed by atoms with E-state index < -0.39 is 0 Å². The molecule has 154 valence electrons. The Morgan fingerprint density at radius 1 is 0.897 bits per heavy atom. The summed E-state index contributed by atoms with van der Waals surface area (Å²) in [5.74, 6) is 0.713. The summed E-state index contributed by atoms with van der Waals surface area (Å²) in [6.07, 6.45) is 3.59. The molecular formula is C22H23Cl2FeN3O. The molecule has 0 aliphatic carbocycles. The van der Waals surface area contributed by atoms with Crippen molar-refractivity contribution in [1.29, 1.82) is 0 Å². The van der Waals surface area contributed by atoms with Gasteiger partial charge in [0.1, 0.15) is 0 Å². The quantitative estimate of drug-likeness (QED) is 0.238. The molecular weight excluding hydrogens is 449 g/mol. The average Bonchev–Trinajstić information content (AvgIpc) is 3.02. The van der Waals surface area contributed by atoms with E-state index in [9.17, 15) is 0 Å². The number of hydrogen-bond acceptors (Lipinski definition) is 3. The van der Waals surface area contributed by atoms with Crippen molar-refractivity contribution in [3.8, 4) is 5.75 Å². The van der Waals surface area contributed by atoms with Crippen molar-refractivity contribution in [2.24, 2.45) is 17.2 Å². The van der Waals surface area contributed by atoms with Gasteiger partial charge in [-0.2, -0.15) is 0 Å². The van der Waals surface area contributed by atoms with Crippen LogP contribution in [0.5, 0.6) is 5.75 Å². The van der Waals surface area contributed by atoms with Gasteiger partial charge in [-0.15, -0.1) is 0 Å². The van der Waals surface area contributed by atoms with E-state index in [1.807, 2.05) is 60.3 Å². The summed E-state index contributed by atoms with van der Waals surface area (Å²) < 4.78 is 2.03. The topological polar surface area (TPSA) is 38.9 Å². The van der Waals surface area contributed by atoms with Gasteiger partial charge in [-0.05, 0) is 56.2 Å². The Morgan fingerprint density at radius 2 is 1.45 bits per heavy atom. The van der Waals surface area contributed by atoms with E-state index in [4.69, 9.17) is 30.0 Å². The molecule has 1 aromatic heterocycles. The van der Waals surface area contributed by atoms with Gasteiger partial charge in [0, 0.05) is 7.05 Å². The molecule has 0 amide bonds. The summed E-state index contributed by atoms with van der Waals surface area (Å²) in [6.45, 7) is 6.29. The van der Waals surface area contributed by atoms with Crippen LogP contribution in [0.15, 0.2) is 64.7 Å². The molecule has 0 saturated heterocycles. The van der Waals surface area contributed by atoms with Gasteiger partial charge in [-0.3, -0.25) is 4.99 Å². The Labute approximate surface area is 186 Å². The maximum absolute atomic E-state index is 5.37. The zero-order chi connectivity index (χ0) is 21.2. The number of rotatable bonds is 5. The number of oxime groups is 1. The van der Waals surface area contributed by atoms with E-state index in [2.05, 4.69) is 38.1 Å². The molecule has 0 saturated carbocycles. The third-order valence-corrected chi connectivity index (χ3v) is 4.25. The molecule has 0 bridgehead atoms. The minimum absolute atomic E-state index is 0.194. The fraction of sp³-hybridized carbons (Fsp3) is 0.182. The molecule has 3 aromatic rings. The molecule has 7 heteroatoms. The van der Waals surface area contributed by atoms with Crippen molar-refractivity contribution in [2.45, 2.75) is 20.8 Å². The Kier molecular flexibility index (Phi) is 9.49. The molecule has 0 radical (unpaired) electrons. The van der Waals surface area contributed by atoms with Crippen LogP contribution < -0.4 is 4.84 Å². The zero-order valence-electron chi connectivity index (χ0n) is 16.7. The number of para-hydroxylation sites is 1. The third kappa shape index (κ3) is 7.06. The molecule has 4 nitrogen and oxygen atoms in total. The van der Waals surface area contributed by atoms with Crippen molar-refractivity contribution in [3.63, 3.8) is 0 Å². The predicted octanol–water partition coefficient (Wildman–Crippen LogP) is 6.49. The molecule has 0 aliphatic rings. The fourth-order valence-corrected chi connectivity index (χ4v) is 2.93. The molecule has 0 spiro atoms. The summed E-state index contributed by atoms with van der Waals surface area (Å²) in [5.41, 5.74) is 6.61. The maximum atomic E-state index is 5.37. The van der Waals surface area contributed by atoms with Crippen molar-refractivity contribution in [3.05, 3.63) is 82.7 Å². The van der Waals surface area contributed by atoms with E-state index in [1.54, 1.807) is 6.21 Å². The van der Waals surface area contributed by atoms with Crippen LogP contribution >= 0.6 is 20.2 Å². The Morgan fingerprint density at radius 3 is 2.03 bits per heavy atom. The second-order valence-electron chi connectivity index (χ2n) is 6.44. The number of aromatic nitrogens is 1. The zero-order valence-corrected chi connectivity index (χ0v) is 19.3. The summed E-state index contributed by atoms with van der Waals surface area (Å²) in [6, 6.07) is 17.8. The molecule has 1 heterocycles. The summed E-state index contributed by atoms with van der Waals surface area (Å²) in [4.78, 5) is 10.1. The first kappa shape index (κ1) is 23.2. The van der Waals surface area contributed by atoms with Gasteiger partial charge >= 0.3 is 33.3 Å². The van der Waals surface area contributed by atoms with Crippen LogP contribution in [0.3, 0.4) is 0 Å². The molecule has 29 heavy (non-hydrogen) atoms. The first-order valence-corrected chi connectivity index (χ1v) is 11.9. The Bertz CT molecular complexity index is 962. The van der Waals surface area contributed by atoms with Crippen LogP contribution in [0.2, 0.25) is 0 Å². The molecule has 2 aromatic carbocycles. The second-order valence-corrected chi connectivity index (χ2v) is 8.26.